The normalized spacial score (nSPS) is 13.9. The van der Waals surface area contributed by atoms with E-state index >= 15 is 0 Å². The summed E-state index contributed by atoms with van der Waals surface area (Å²) in [5.74, 6) is -0.131. The number of Topliss-reactive ketones (excluding diaryl/α,β-unsaturated/α-hetero) is 1. The van der Waals surface area contributed by atoms with E-state index in [0.29, 0.717) is 10.6 Å². The molecule has 1 aliphatic rings. The fraction of sp³-hybridized carbons (Fsp3) is 0.368. The number of hydrogen-bond donors (Lipinski definition) is 2. The molecule has 150 valence electrons. The van der Waals surface area contributed by atoms with Crippen LogP contribution in [0.25, 0.3) is 0 Å². The third-order valence-electron chi connectivity index (χ3n) is 4.25. The number of carbonyl (C=O) groups excluding carboxylic acids is 2. The molecule has 7 nitrogen and oxygen atoms in total. The average Bonchev–Trinajstić information content (AvgIpc) is 3.35. The summed E-state index contributed by atoms with van der Waals surface area (Å²) in [5.41, 5.74) is 0.255. The van der Waals surface area contributed by atoms with E-state index in [1.807, 2.05) is 13.0 Å². The molecule has 0 saturated heterocycles. The first kappa shape index (κ1) is 20.5. The molecule has 0 spiro atoms. The molecule has 1 aliphatic carbocycles. The van der Waals surface area contributed by atoms with Crippen LogP contribution in [0.5, 0.6) is 5.75 Å². The number of carbonyl (C=O) groups is 2. The van der Waals surface area contributed by atoms with Crippen molar-refractivity contribution in [2.45, 2.75) is 43.5 Å². The van der Waals surface area contributed by atoms with Gasteiger partial charge in [-0.25, -0.2) is 13.1 Å². The maximum Gasteiger partial charge on any atom is 0.240 e. The third-order valence-corrected chi connectivity index (χ3v) is 6.81. The molecule has 2 N–H and O–H groups in total. The van der Waals surface area contributed by atoms with Crippen LogP contribution in [0.4, 0.5) is 5.69 Å². The van der Waals surface area contributed by atoms with Gasteiger partial charge in [0.2, 0.25) is 15.9 Å². The van der Waals surface area contributed by atoms with E-state index < -0.39 is 10.0 Å². The lowest BCUT2D eigenvalue weighted by molar-refractivity contribution is -0.116. The topological polar surface area (TPSA) is 102 Å². The third kappa shape index (κ3) is 5.18. The van der Waals surface area contributed by atoms with Gasteiger partial charge < -0.3 is 10.1 Å². The quantitative estimate of drug-likeness (QED) is 0.605. The van der Waals surface area contributed by atoms with Crippen molar-refractivity contribution < 1.29 is 22.7 Å². The summed E-state index contributed by atoms with van der Waals surface area (Å²) < 4.78 is 32.6. The predicted molar refractivity (Wildman–Crippen MR) is 108 cm³/mol. The van der Waals surface area contributed by atoms with Crippen molar-refractivity contribution in [1.29, 1.82) is 0 Å². The Morgan fingerprint density at radius 1 is 1.18 bits per heavy atom. The van der Waals surface area contributed by atoms with Crippen LogP contribution in [0.2, 0.25) is 0 Å². The molecule has 1 saturated carbocycles. The summed E-state index contributed by atoms with van der Waals surface area (Å²) in [5, 5.41) is 2.65. The van der Waals surface area contributed by atoms with Crippen molar-refractivity contribution in [2.75, 3.05) is 12.4 Å². The first-order valence-electron chi connectivity index (χ1n) is 8.88. The van der Waals surface area contributed by atoms with Crippen molar-refractivity contribution in [3.63, 3.8) is 0 Å². The summed E-state index contributed by atoms with van der Waals surface area (Å²) >= 11 is 1.40. The minimum absolute atomic E-state index is 0.00373. The molecule has 28 heavy (non-hydrogen) atoms. The van der Waals surface area contributed by atoms with Crippen molar-refractivity contribution in [3.8, 4) is 5.75 Å². The van der Waals surface area contributed by atoms with Crippen LogP contribution in [0.15, 0.2) is 35.2 Å². The number of benzene rings is 1. The fourth-order valence-corrected chi connectivity index (χ4v) is 4.75. The van der Waals surface area contributed by atoms with Gasteiger partial charge in [-0.15, -0.1) is 11.3 Å². The number of ketones is 1. The lowest BCUT2D eigenvalue weighted by Gasteiger charge is -2.13. The van der Waals surface area contributed by atoms with Crippen LogP contribution in [0.1, 0.15) is 40.2 Å². The number of ether oxygens (including phenoxy) is 1. The van der Waals surface area contributed by atoms with E-state index in [1.54, 1.807) is 6.07 Å². The number of thiophene rings is 1. The fourth-order valence-electron chi connectivity index (χ4n) is 2.59. The number of hydrogen-bond acceptors (Lipinski definition) is 6. The second-order valence-electron chi connectivity index (χ2n) is 6.64. The zero-order valence-corrected chi connectivity index (χ0v) is 17.3. The van der Waals surface area contributed by atoms with Gasteiger partial charge in [-0.05, 0) is 50.1 Å². The zero-order chi connectivity index (χ0) is 20.3. The number of nitrogens with one attached hydrogen (secondary N) is 2. The molecule has 1 heterocycles. The molecular formula is C19H22N2O5S2. The second-order valence-corrected chi connectivity index (χ2v) is 9.64. The summed E-state index contributed by atoms with van der Waals surface area (Å²) in [6, 6.07) is 7.90. The number of aryl methyl sites for hydroxylation is 1. The van der Waals surface area contributed by atoms with E-state index in [-0.39, 0.29) is 41.2 Å². The molecule has 0 unspecified atom stereocenters. The molecule has 1 aromatic heterocycles. The van der Waals surface area contributed by atoms with Crippen molar-refractivity contribution in [2.24, 2.45) is 0 Å². The number of methoxy groups -OCH3 is 1. The minimum atomic E-state index is -3.65. The number of amides is 1. The largest absolute Gasteiger partial charge is 0.495 e. The highest BCUT2D eigenvalue weighted by molar-refractivity contribution is 7.89. The molecule has 0 aliphatic heterocycles. The van der Waals surface area contributed by atoms with Crippen LogP contribution in [-0.4, -0.2) is 33.3 Å². The van der Waals surface area contributed by atoms with Gasteiger partial charge in [0.15, 0.2) is 5.78 Å². The first-order valence-corrected chi connectivity index (χ1v) is 11.2. The number of anilines is 1. The van der Waals surface area contributed by atoms with Gasteiger partial charge in [0, 0.05) is 23.8 Å². The molecule has 0 radical (unpaired) electrons. The van der Waals surface area contributed by atoms with Gasteiger partial charge in [0.25, 0.3) is 0 Å². The summed E-state index contributed by atoms with van der Waals surface area (Å²) in [6.45, 7) is 1.92. The molecule has 1 amide bonds. The van der Waals surface area contributed by atoms with E-state index in [0.717, 1.165) is 17.7 Å². The van der Waals surface area contributed by atoms with E-state index in [2.05, 4.69) is 10.0 Å². The maximum atomic E-state index is 12.4. The lowest BCUT2D eigenvalue weighted by atomic mass is 10.2. The molecule has 2 aromatic rings. The monoisotopic (exact) mass is 422 g/mol. The SMILES string of the molecule is COc1ccc(S(=O)(=O)NC2CC2)cc1NC(=O)CCC(=O)c1ccc(C)s1. The number of rotatable bonds is 9. The average molecular weight is 423 g/mol. The Kier molecular flexibility index (Phi) is 6.17. The lowest BCUT2D eigenvalue weighted by Crippen LogP contribution is -2.26. The molecule has 1 fully saturated rings. The highest BCUT2D eigenvalue weighted by Crippen LogP contribution is 2.29. The molecule has 0 bridgehead atoms. The Balaban J connectivity index is 1.67. The van der Waals surface area contributed by atoms with Gasteiger partial charge in [-0.1, -0.05) is 0 Å². The molecule has 9 heteroatoms. The zero-order valence-electron chi connectivity index (χ0n) is 15.7. The Morgan fingerprint density at radius 3 is 2.54 bits per heavy atom. The second kappa shape index (κ2) is 8.42. The highest BCUT2D eigenvalue weighted by atomic mass is 32.2. The molecule has 0 atom stereocenters. The van der Waals surface area contributed by atoms with Gasteiger partial charge in [-0.2, -0.15) is 0 Å². The highest BCUT2D eigenvalue weighted by Gasteiger charge is 2.28. The molecule has 3 rings (SSSR count). The van der Waals surface area contributed by atoms with Crippen LogP contribution in [0, 0.1) is 6.92 Å². The molecule has 1 aromatic carbocycles. The van der Waals surface area contributed by atoms with Gasteiger partial charge in [0.1, 0.15) is 5.75 Å². The van der Waals surface area contributed by atoms with Crippen molar-refractivity contribution >= 4 is 38.7 Å². The Hall–Kier alpha value is -2.23. The molecular weight excluding hydrogens is 400 g/mol. The number of sulfonamides is 1. The first-order chi connectivity index (χ1) is 13.3. The van der Waals surface area contributed by atoms with Crippen LogP contribution in [0.3, 0.4) is 0 Å². The summed E-state index contributed by atoms with van der Waals surface area (Å²) in [4.78, 5) is 26.2. The Bertz CT molecular complexity index is 994. The Labute approximate surface area is 168 Å². The van der Waals surface area contributed by atoms with Crippen molar-refractivity contribution in [1.82, 2.24) is 4.72 Å². The van der Waals surface area contributed by atoms with E-state index in [9.17, 15) is 18.0 Å². The van der Waals surface area contributed by atoms with Crippen LogP contribution >= 0.6 is 11.3 Å². The summed E-state index contributed by atoms with van der Waals surface area (Å²) in [7, 11) is -2.21. The predicted octanol–water partition coefficient (Wildman–Crippen LogP) is 3.11. The maximum absolute atomic E-state index is 12.4. The Morgan fingerprint density at radius 2 is 1.93 bits per heavy atom. The standard InChI is InChI=1S/C19H22N2O5S2/c1-12-3-9-18(27-12)16(22)7-10-19(23)20-15-11-14(6-8-17(15)26-2)28(24,25)21-13-4-5-13/h3,6,8-9,11,13,21H,4-5,7,10H2,1-2H3,(H,20,23). The van der Waals surface area contributed by atoms with Gasteiger partial charge in [-0.3, -0.25) is 9.59 Å². The summed E-state index contributed by atoms with van der Waals surface area (Å²) in [6.07, 6.45) is 1.74. The van der Waals surface area contributed by atoms with Crippen molar-refractivity contribution in [3.05, 3.63) is 40.1 Å². The van der Waals surface area contributed by atoms with Gasteiger partial charge >= 0.3 is 0 Å². The smallest absolute Gasteiger partial charge is 0.240 e. The van der Waals surface area contributed by atoms with Crippen LogP contribution < -0.4 is 14.8 Å². The van der Waals surface area contributed by atoms with E-state index in [1.165, 1.54) is 36.6 Å². The van der Waals surface area contributed by atoms with Gasteiger partial charge in [0.05, 0.1) is 22.6 Å². The van der Waals surface area contributed by atoms with Crippen LogP contribution in [-0.2, 0) is 14.8 Å². The minimum Gasteiger partial charge on any atom is -0.495 e. The van der Waals surface area contributed by atoms with E-state index in [4.69, 9.17) is 4.74 Å².